The van der Waals surface area contributed by atoms with Crippen LogP contribution in [0.2, 0.25) is 5.02 Å². The van der Waals surface area contributed by atoms with Crippen LogP contribution in [0.4, 0.5) is 5.69 Å². The van der Waals surface area contributed by atoms with E-state index in [9.17, 15) is 4.79 Å². The summed E-state index contributed by atoms with van der Waals surface area (Å²) in [6, 6.07) is 16.4. The van der Waals surface area contributed by atoms with Crippen molar-refractivity contribution in [1.29, 1.82) is 0 Å². The van der Waals surface area contributed by atoms with Crippen LogP contribution in [0.3, 0.4) is 0 Å². The van der Waals surface area contributed by atoms with E-state index >= 15 is 0 Å². The maximum Gasteiger partial charge on any atom is 0.247 e. The summed E-state index contributed by atoms with van der Waals surface area (Å²) in [4.78, 5) is 17.5. The number of piperidine rings is 1. The fourth-order valence-corrected chi connectivity index (χ4v) is 5.09. The van der Waals surface area contributed by atoms with Gasteiger partial charge in [0.15, 0.2) is 0 Å². The Morgan fingerprint density at radius 3 is 2.57 bits per heavy atom. The molecular weight excluding hydrogens is 370 g/mol. The van der Waals surface area contributed by atoms with Crippen molar-refractivity contribution in [2.45, 2.75) is 31.2 Å². The Bertz CT molecular complexity index is 932. The van der Waals surface area contributed by atoms with Crippen LogP contribution in [0.5, 0.6) is 0 Å². The molecule has 2 aromatic rings. The smallest absolute Gasteiger partial charge is 0.247 e. The Kier molecular flexibility index (Phi) is 4.31. The number of fused-ring (bicyclic) bond motifs is 1. The van der Waals surface area contributed by atoms with E-state index in [1.54, 1.807) is 0 Å². The van der Waals surface area contributed by atoms with Gasteiger partial charge < -0.3 is 15.1 Å². The minimum atomic E-state index is -0.418. The van der Waals surface area contributed by atoms with E-state index < -0.39 is 5.54 Å². The van der Waals surface area contributed by atoms with E-state index in [1.807, 2.05) is 24.3 Å². The number of carbonyl (C=O) groups is 1. The number of hydrogen-bond donors (Lipinski definition) is 1. The molecule has 2 aliphatic heterocycles. The van der Waals surface area contributed by atoms with Crippen molar-refractivity contribution < 1.29 is 4.79 Å². The standard InChI is InChI=1S/C23H24ClN3O/c24-19-8-6-18-15-21(9-7-17(18)14-19)26-12-10-23(11-13-26)22(28)25-16-27(23)20-4-2-1-3-5-20/h1-6,8,14-15H,7,9-13,16H2,(H,25,28). The van der Waals surface area contributed by atoms with Gasteiger partial charge in [-0.3, -0.25) is 4.79 Å². The minimum absolute atomic E-state index is 0.175. The Labute approximate surface area is 170 Å². The number of amides is 1. The molecule has 144 valence electrons. The Morgan fingerprint density at radius 1 is 1.00 bits per heavy atom. The first-order chi connectivity index (χ1) is 13.7. The van der Waals surface area contributed by atoms with Gasteiger partial charge in [0, 0.05) is 29.5 Å². The SMILES string of the molecule is O=C1NCN(c2ccccc2)C12CCN(C1=Cc3ccc(Cl)cc3CC1)CC2. The van der Waals surface area contributed by atoms with E-state index in [0.717, 1.165) is 49.5 Å². The van der Waals surface area contributed by atoms with Gasteiger partial charge in [-0.1, -0.05) is 35.9 Å². The van der Waals surface area contributed by atoms with Crippen LogP contribution in [0.1, 0.15) is 30.4 Å². The summed E-state index contributed by atoms with van der Waals surface area (Å²) in [6.07, 6.45) is 6.06. The van der Waals surface area contributed by atoms with Gasteiger partial charge in [-0.05, 0) is 67.2 Å². The number of likely N-dealkylation sites (tertiary alicyclic amines) is 1. The molecule has 1 aliphatic carbocycles. The van der Waals surface area contributed by atoms with Crippen molar-refractivity contribution in [3.63, 3.8) is 0 Å². The van der Waals surface area contributed by atoms with Gasteiger partial charge in [-0.2, -0.15) is 0 Å². The molecule has 1 spiro atoms. The van der Waals surface area contributed by atoms with E-state index in [1.165, 1.54) is 16.8 Å². The van der Waals surface area contributed by atoms with Gasteiger partial charge in [0.2, 0.25) is 5.91 Å². The third-order valence-electron chi connectivity index (χ3n) is 6.48. The molecule has 0 atom stereocenters. The largest absolute Gasteiger partial charge is 0.375 e. The lowest BCUT2D eigenvalue weighted by atomic mass is 9.84. The summed E-state index contributed by atoms with van der Waals surface area (Å²) in [5.74, 6) is 0.175. The molecule has 2 heterocycles. The van der Waals surface area contributed by atoms with Gasteiger partial charge in [0.1, 0.15) is 5.54 Å². The molecule has 3 aliphatic rings. The lowest BCUT2D eigenvalue weighted by molar-refractivity contribution is -0.124. The minimum Gasteiger partial charge on any atom is -0.375 e. The molecule has 0 aromatic heterocycles. The van der Waals surface area contributed by atoms with Gasteiger partial charge in [-0.15, -0.1) is 0 Å². The van der Waals surface area contributed by atoms with Crippen molar-refractivity contribution in [3.8, 4) is 0 Å². The maximum atomic E-state index is 12.8. The zero-order valence-corrected chi connectivity index (χ0v) is 16.6. The van der Waals surface area contributed by atoms with E-state index in [0.29, 0.717) is 6.67 Å². The molecule has 0 unspecified atom stereocenters. The third kappa shape index (κ3) is 2.87. The highest BCUT2D eigenvalue weighted by molar-refractivity contribution is 6.30. The van der Waals surface area contributed by atoms with Crippen LogP contribution < -0.4 is 10.2 Å². The molecule has 2 aromatic carbocycles. The highest BCUT2D eigenvalue weighted by atomic mass is 35.5. The first-order valence-corrected chi connectivity index (χ1v) is 10.4. The highest BCUT2D eigenvalue weighted by Gasteiger charge is 2.50. The second kappa shape index (κ2) is 6.85. The number of halogens is 1. The average Bonchev–Trinajstić information content (AvgIpc) is 3.04. The van der Waals surface area contributed by atoms with E-state index in [2.05, 4.69) is 45.5 Å². The maximum absolute atomic E-state index is 12.8. The molecule has 5 heteroatoms. The van der Waals surface area contributed by atoms with Crippen LogP contribution in [0.25, 0.3) is 6.08 Å². The van der Waals surface area contributed by atoms with Crippen molar-refractivity contribution in [2.75, 3.05) is 24.7 Å². The van der Waals surface area contributed by atoms with Gasteiger partial charge in [0.25, 0.3) is 0 Å². The molecule has 0 bridgehead atoms. The zero-order chi connectivity index (χ0) is 19.1. The molecule has 0 radical (unpaired) electrons. The van der Waals surface area contributed by atoms with Crippen molar-refractivity contribution in [2.24, 2.45) is 0 Å². The molecule has 0 saturated carbocycles. The second-order valence-corrected chi connectivity index (χ2v) is 8.36. The van der Waals surface area contributed by atoms with Crippen LogP contribution in [0, 0.1) is 0 Å². The monoisotopic (exact) mass is 393 g/mol. The zero-order valence-electron chi connectivity index (χ0n) is 15.8. The number of nitrogens with zero attached hydrogens (tertiary/aromatic N) is 2. The van der Waals surface area contributed by atoms with Crippen LogP contribution >= 0.6 is 11.6 Å². The predicted molar refractivity (Wildman–Crippen MR) is 113 cm³/mol. The molecule has 2 saturated heterocycles. The second-order valence-electron chi connectivity index (χ2n) is 7.93. The van der Waals surface area contributed by atoms with E-state index in [-0.39, 0.29) is 5.91 Å². The van der Waals surface area contributed by atoms with Crippen molar-refractivity contribution in [1.82, 2.24) is 10.2 Å². The van der Waals surface area contributed by atoms with E-state index in [4.69, 9.17) is 11.6 Å². The number of rotatable bonds is 2. The fraction of sp³-hybridized carbons (Fsp3) is 0.348. The number of para-hydroxylation sites is 1. The van der Waals surface area contributed by atoms with Crippen LogP contribution in [-0.4, -0.2) is 36.1 Å². The molecule has 1 amide bonds. The summed E-state index contributed by atoms with van der Waals surface area (Å²) in [5.41, 5.74) is 4.69. The fourth-order valence-electron chi connectivity index (χ4n) is 4.89. The topological polar surface area (TPSA) is 35.6 Å². The Morgan fingerprint density at radius 2 is 1.79 bits per heavy atom. The van der Waals surface area contributed by atoms with Crippen LogP contribution in [-0.2, 0) is 11.2 Å². The number of anilines is 1. The summed E-state index contributed by atoms with van der Waals surface area (Å²) in [6.45, 7) is 2.41. The predicted octanol–water partition coefficient (Wildman–Crippen LogP) is 4.06. The number of hydrogen-bond acceptors (Lipinski definition) is 3. The van der Waals surface area contributed by atoms with Gasteiger partial charge in [-0.25, -0.2) is 0 Å². The number of benzene rings is 2. The number of allylic oxidation sites excluding steroid dienone is 1. The van der Waals surface area contributed by atoms with Crippen molar-refractivity contribution >= 4 is 29.3 Å². The lowest BCUT2D eigenvalue weighted by Gasteiger charge is -2.45. The number of nitrogens with one attached hydrogen (secondary N) is 1. The summed E-state index contributed by atoms with van der Waals surface area (Å²) < 4.78 is 0. The molecule has 2 fully saturated rings. The first kappa shape index (κ1) is 17.6. The normalized spacial score (nSPS) is 20.8. The summed E-state index contributed by atoms with van der Waals surface area (Å²) in [7, 11) is 0. The lowest BCUT2D eigenvalue weighted by Crippen LogP contribution is -2.56. The Balaban J connectivity index is 1.36. The third-order valence-corrected chi connectivity index (χ3v) is 6.71. The summed E-state index contributed by atoms with van der Waals surface area (Å²) in [5, 5.41) is 3.89. The number of carbonyl (C=O) groups excluding carboxylic acids is 1. The molecule has 5 rings (SSSR count). The molecule has 28 heavy (non-hydrogen) atoms. The first-order valence-electron chi connectivity index (χ1n) is 10.0. The van der Waals surface area contributed by atoms with Gasteiger partial charge >= 0.3 is 0 Å². The van der Waals surface area contributed by atoms with Gasteiger partial charge in [0.05, 0.1) is 6.67 Å². The van der Waals surface area contributed by atoms with Crippen molar-refractivity contribution in [3.05, 3.63) is 70.4 Å². The Hall–Kier alpha value is -2.46. The average molecular weight is 394 g/mol. The molecule has 4 nitrogen and oxygen atoms in total. The molecular formula is C23H24ClN3O. The molecule has 1 N–H and O–H groups in total. The quantitative estimate of drug-likeness (QED) is 0.835. The summed E-state index contributed by atoms with van der Waals surface area (Å²) >= 11 is 6.14. The number of aryl methyl sites for hydroxylation is 1. The highest BCUT2D eigenvalue weighted by Crippen LogP contribution is 2.38. The van der Waals surface area contributed by atoms with Crippen LogP contribution in [0.15, 0.2) is 54.2 Å².